The minimum absolute atomic E-state index is 0.0483. The molecule has 0 bridgehead atoms. The number of aliphatic imine (C=N–C) groups is 1. The molecule has 4 rings (SSSR count). The average Bonchev–Trinajstić information content (AvgIpc) is 2.85. The van der Waals surface area contributed by atoms with Gasteiger partial charge < -0.3 is 15.5 Å². The zero-order chi connectivity index (χ0) is 24.6. The SMILES string of the molecule is C[C@@H]1CN(C(CN2CCCCC2)=Nc2ccc(NC(=O)CCc3ccc(Cl)cc3Cl)cc2)CCN1. The van der Waals surface area contributed by atoms with E-state index in [0.29, 0.717) is 28.9 Å². The van der Waals surface area contributed by atoms with Gasteiger partial charge in [-0.1, -0.05) is 35.7 Å². The number of aryl methyl sites for hydroxylation is 1. The number of likely N-dealkylation sites (tertiary alicyclic amines) is 1. The van der Waals surface area contributed by atoms with Crippen molar-refractivity contribution < 1.29 is 4.79 Å². The molecule has 0 aliphatic carbocycles. The van der Waals surface area contributed by atoms with Gasteiger partial charge in [-0.05, 0) is 81.2 Å². The van der Waals surface area contributed by atoms with E-state index in [0.717, 1.165) is 62.0 Å². The lowest BCUT2D eigenvalue weighted by atomic mass is 10.1. The monoisotopic (exact) mass is 515 g/mol. The van der Waals surface area contributed by atoms with E-state index in [1.54, 1.807) is 12.1 Å². The summed E-state index contributed by atoms with van der Waals surface area (Å²) in [6, 6.07) is 13.6. The van der Waals surface area contributed by atoms with E-state index in [4.69, 9.17) is 28.2 Å². The van der Waals surface area contributed by atoms with Crippen LogP contribution in [0, 0.1) is 0 Å². The predicted octanol–water partition coefficient (Wildman–Crippen LogP) is 5.37. The number of benzene rings is 2. The first-order valence-corrected chi connectivity index (χ1v) is 13.3. The lowest BCUT2D eigenvalue weighted by Gasteiger charge is -2.37. The first kappa shape index (κ1) is 26.0. The number of halogens is 2. The van der Waals surface area contributed by atoms with Crippen molar-refractivity contribution in [2.45, 2.75) is 45.1 Å². The molecule has 0 spiro atoms. The number of rotatable bonds is 7. The Kier molecular flexibility index (Phi) is 9.44. The van der Waals surface area contributed by atoms with Crippen LogP contribution < -0.4 is 10.6 Å². The minimum atomic E-state index is -0.0483. The van der Waals surface area contributed by atoms with Crippen molar-refractivity contribution in [3.8, 4) is 0 Å². The number of nitrogens with one attached hydrogen (secondary N) is 2. The zero-order valence-corrected chi connectivity index (χ0v) is 21.9. The lowest BCUT2D eigenvalue weighted by Crippen LogP contribution is -2.53. The van der Waals surface area contributed by atoms with Crippen LogP contribution in [0.2, 0.25) is 10.0 Å². The molecule has 0 radical (unpaired) electrons. The number of hydrogen-bond donors (Lipinski definition) is 2. The van der Waals surface area contributed by atoms with E-state index in [1.807, 2.05) is 30.3 Å². The minimum Gasteiger partial charge on any atom is -0.356 e. The van der Waals surface area contributed by atoms with Crippen LogP contribution in [0.15, 0.2) is 47.5 Å². The van der Waals surface area contributed by atoms with Gasteiger partial charge >= 0.3 is 0 Å². The second-order valence-electron chi connectivity index (χ2n) is 9.50. The van der Waals surface area contributed by atoms with Crippen molar-refractivity contribution in [3.05, 3.63) is 58.1 Å². The molecule has 2 aliphatic rings. The van der Waals surface area contributed by atoms with E-state index in [-0.39, 0.29) is 5.91 Å². The summed E-state index contributed by atoms with van der Waals surface area (Å²) in [6.45, 7) is 8.33. The third-order valence-electron chi connectivity index (χ3n) is 6.59. The van der Waals surface area contributed by atoms with Crippen LogP contribution in [0.3, 0.4) is 0 Å². The van der Waals surface area contributed by atoms with E-state index in [1.165, 1.54) is 19.3 Å². The maximum Gasteiger partial charge on any atom is 0.224 e. The predicted molar refractivity (Wildman–Crippen MR) is 146 cm³/mol. The summed E-state index contributed by atoms with van der Waals surface area (Å²) in [5, 5.41) is 7.68. The molecule has 0 unspecified atom stereocenters. The van der Waals surface area contributed by atoms with Crippen molar-refractivity contribution >= 4 is 46.3 Å². The summed E-state index contributed by atoms with van der Waals surface area (Å²) in [5.74, 6) is 1.09. The van der Waals surface area contributed by atoms with Gasteiger partial charge in [-0.3, -0.25) is 9.69 Å². The number of amides is 1. The molecule has 1 amide bonds. The molecule has 35 heavy (non-hydrogen) atoms. The Morgan fingerprint density at radius 3 is 2.57 bits per heavy atom. The molecule has 0 saturated carbocycles. The summed E-state index contributed by atoms with van der Waals surface area (Å²) >= 11 is 12.2. The number of nitrogens with zero attached hydrogens (tertiary/aromatic N) is 3. The standard InChI is InChI=1S/C27H35Cl2N5O/c1-20-18-34(16-13-30-20)26(19-33-14-3-2-4-15-33)31-23-8-10-24(11-9-23)32-27(35)12-6-21-5-7-22(28)17-25(21)29/h5,7-11,17,20,30H,2-4,6,12-16,18-19H2,1H3,(H,32,35)/t20-/m1/s1. The Morgan fingerprint density at radius 1 is 1.09 bits per heavy atom. The quantitative estimate of drug-likeness (QED) is 0.384. The Balaban J connectivity index is 1.38. The number of hydrogen-bond acceptors (Lipinski definition) is 4. The van der Waals surface area contributed by atoms with Gasteiger partial charge in [0.2, 0.25) is 5.91 Å². The van der Waals surface area contributed by atoms with Crippen molar-refractivity contribution in [1.82, 2.24) is 15.1 Å². The number of carbonyl (C=O) groups excluding carboxylic acids is 1. The summed E-state index contributed by atoms with van der Waals surface area (Å²) in [6.07, 6.45) is 4.77. The fraction of sp³-hybridized carbons (Fsp3) is 0.481. The van der Waals surface area contributed by atoms with Crippen molar-refractivity contribution in [1.29, 1.82) is 0 Å². The van der Waals surface area contributed by atoms with E-state index in [2.05, 4.69) is 27.4 Å². The molecule has 8 heteroatoms. The molecule has 188 valence electrons. The first-order chi connectivity index (χ1) is 17.0. The highest BCUT2D eigenvalue weighted by Gasteiger charge is 2.22. The average molecular weight is 517 g/mol. The van der Waals surface area contributed by atoms with Crippen LogP contribution in [-0.4, -0.2) is 66.9 Å². The fourth-order valence-electron chi connectivity index (χ4n) is 4.65. The molecule has 0 aromatic heterocycles. The van der Waals surface area contributed by atoms with E-state index >= 15 is 0 Å². The Bertz CT molecular complexity index is 1020. The molecule has 6 nitrogen and oxygen atoms in total. The van der Waals surface area contributed by atoms with E-state index < -0.39 is 0 Å². The van der Waals surface area contributed by atoms with Crippen LogP contribution in [-0.2, 0) is 11.2 Å². The molecular formula is C27H35Cl2N5O. The highest BCUT2D eigenvalue weighted by molar-refractivity contribution is 6.35. The largest absolute Gasteiger partial charge is 0.356 e. The number of anilines is 1. The van der Waals surface area contributed by atoms with E-state index in [9.17, 15) is 4.79 Å². The number of carbonyl (C=O) groups is 1. The number of amidine groups is 1. The molecule has 2 saturated heterocycles. The lowest BCUT2D eigenvalue weighted by molar-refractivity contribution is -0.116. The Morgan fingerprint density at radius 2 is 1.86 bits per heavy atom. The van der Waals surface area contributed by atoms with Gasteiger partial charge in [0, 0.05) is 47.8 Å². The second kappa shape index (κ2) is 12.7. The normalized spacial score (nSPS) is 19.6. The molecule has 2 aromatic rings. The maximum absolute atomic E-state index is 12.5. The van der Waals surface area contributed by atoms with Crippen molar-refractivity contribution in [2.75, 3.05) is 44.6 Å². The topological polar surface area (TPSA) is 60.0 Å². The fourth-order valence-corrected chi connectivity index (χ4v) is 5.16. The summed E-state index contributed by atoms with van der Waals surface area (Å²) in [7, 11) is 0. The van der Waals surface area contributed by atoms with Crippen LogP contribution in [0.25, 0.3) is 0 Å². The van der Waals surface area contributed by atoms with Crippen LogP contribution >= 0.6 is 23.2 Å². The second-order valence-corrected chi connectivity index (χ2v) is 10.3. The summed E-state index contributed by atoms with van der Waals surface area (Å²) in [5.41, 5.74) is 2.60. The van der Waals surface area contributed by atoms with Crippen molar-refractivity contribution in [3.63, 3.8) is 0 Å². The van der Waals surface area contributed by atoms with Crippen LogP contribution in [0.1, 0.15) is 38.2 Å². The summed E-state index contributed by atoms with van der Waals surface area (Å²) in [4.78, 5) is 22.5. The van der Waals surface area contributed by atoms with Crippen molar-refractivity contribution in [2.24, 2.45) is 4.99 Å². The molecular weight excluding hydrogens is 481 g/mol. The molecule has 2 aromatic carbocycles. The smallest absolute Gasteiger partial charge is 0.224 e. The molecule has 2 aliphatic heterocycles. The molecule has 2 heterocycles. The van der Waals surface area contributed by atoms with Gasteiger partial charge in [0.25, 0.3) is 0 Å². The third-order valence-corrected chi connectivity index (χ3v) is 7.18. The Labute approximate surface area is 218 Å². The number of piperazine rings is 1. The van der Waals surface area contributed by atoms with Gasteiger partial charge in [-0.15, -0.1) is 0 Å². The van der Waals surface area contributed by atoms with Gasteiger partial charge in [0.05, 0.1) is 12.2 Å². The molecule has 1 atom stereocenters. The first-order valence-electron chi connectivity index (χ1n) is 12.6. The highest BCUT2D eigenvalue weighted by Crippen LogP contribution is 2.23. The Hall–Kier alpha value is -2.12. The maximum atomic E-state index is 12.5. The van der Waals surface area contributed by atoms with Gasteiger partial charge in [0.15, 0.2) is 0 Å². The van der Waals surface area contributed by atoms with Gasteiger partial charge in [0.1, 0.15) is 5.84 Å². The molecule has 2 N–H and O–H groups in total. The third kappa shape index (κ3) is 7.94. The molecule has 2 fully saturated rings. The van der Waals surface area contributed by atoms with Gasteiger partial charge in [-0.2, -0.15) is 0 Å². The van der Waals surface area contributed by atoms with Gasteiger partial charge in [-0.25, -0.2) is 4.99 Å². The zero-order valence-electron chi connectivity index (χ0n) is 20.4. The van der Waals surface area contributed by atoms with Crippen LogP contribution in [0.4, 0.5) is 11.4 Å². The van der Waals surface area contributed by atoms with Crippen LogP contribution in [0.5, 0.6) is 0 Å². The highest BCUT2D eigenvalue weighted by atomic mass is 35.5. The number of piperidine rings is 1. The summed E-state index contributed by atoms with van der Waals surface area (Å²) < 4.78 is 0.